The average Bonchev–Trinajstić information content (AvgIpc) is 3.42. The Hall–Kier alpha value is -3.43. The number of thioether (sulfide) groups is 1. The fourth-order valence-corrected chi connectivity index (χ4v) is 5.07. The van der Waals surface area contributed by atoms with E-state index in [2.05, 4.69) is 5.43 Å². The van der Waals surface area contributed by atoms with Crippen LogP contribution in [0, 0.1) is 0 Å². The molecule has 2 amide bonds. The summed E-state index contributed by atoms with van der Waals surface area (Å²) in [5.74, 6) is -0.975. The molecule has 0 radical (unpaired) electrons. The maximum atomic E-state index is 13.2. The summed E-state index contributed by atoms with van der Waals surface area (Å²) in [4.78, 5) is 26.3. The Morgan fingerprint density at radius 2 is 1.67 bits per heavy atom. The monoisotopic (exact) mass is 550 g/mol. The van der Waals surface area contributed by atoms with E-state index in [1.54, 1.807) is 47.2 Å². The fourth-order valence-electron chi connectivity index (χ4n) is 3.55. The van der Waals surface area contributed by atoms with Crippen molar-refractivity contribution in [2.45, 2.75) is 0 Å². The highest BCUT2D eigenvalue weighted by molar-refractivity contribution is 8.26. The van der Waals surface area contributed by atoms with E-state index in [0.717, 1.165) is 28.0 Å². The third-order valence-electron chi connectivity index (χ3n) is 5.29. The Labute approximate surface area is 226 Å². The van der Waals surface area contributed by atoms with Crippen LogP contribution in [0.3, 0.4) is 0 Å². The molecule has 3 aromatic carbocycles. The van der Waals surface area contributed by atoms with Crippen molar-refractivity contribution in [2.75, 3.05) is 0 Å². The van der Waals surface area contributed by atoms with E-state index < -0.39 is 11.8 Å². The summed E-state index contributed by atoms with van der Waals surface area (Å²) in [5, 5.41) is 6.70. The molecule has 10 heteroatoms. The molecule has 2 heterocycles. The number of halogens is 2. The first-order valence-electron chi connectivity index (χ1n) is 10.7. The minimum atomic E-state index is -0.531. The van der Waals surface area contributed by atoms with Gasteiger partial charge in [-0.3, -0.25) is 15.0 Å². The van der Waals surface area contributed by atoms with Crippen molar-refractivity contribution in [1.29, 1.82) is 0 Å². The van der Waals surface area contributed by atoms with Gasteiger partial charge in [-0.25, -0.2) is 4.68 Å². The molecule has 1 aliphatic heterocycles. The second kappa shape index (κ2) is 10.3. The molecule has 178 valence electrons. The van der Waals surface area contributed by atoms with Crippen LogP contribution >= 0.6 is 47.2 Å². The van der Waals surface area contributed by atoms with Crippen molar-refractivity contribution in [2.24, 2.45) is 0 Å². The predicted molar refractivity (Wildman–Crippen MR) is 148 cm³/mol. The molecule has 1 N–H and O–H groups in total. The zero-order chi connectivity index (χ0) is 25.2. The fraction of sp³-hybridized carbons (Fsp3) is 0. The van der Waals surface area contributed by atoms with Crippen LogP contribution in [0.2, 0.25) is 10.0 Å². The molecule has 0 saturated carbocycles. The summed E-state index contributed by atoms with van der Waals surface area (Å²) in [6, 6.07) is 23.5. The van der Waals surface area contributed by atoms with Gasteiger partial charge in [0, 0.05) is 22.3 Å². The topological polar surface area (TPSA) is 67.2 Å². The first-order valence-corrected chi connectivity index (χ1v) is 12.6. The standard InChI is InChI=1S/C26H16Cl2N4O2S2/c27-18-12-10-16(11-13-18)23-17(15-31(29-23)19-6-2-1-3-7-19)14-22-25(34)32(26(35)36-22)30-24(33)20-8-4-5-9-21(20)28/h1-15H,(H,30,33)/b22-14+. The quantitative estimate of drug-likeness (QED) is 0.230. The Bertz CT molecular complexity index is 1520. The van der Waals surface area contributed by atoms with Gasteiger partial charge in [0.15, 0.2) is 4.32 Å². The highest BCUT2D eigenvalue weighted by atomic mass is 35.5. The third kappa shape index (κ3) is 4.94. The van der Waals surface area contributed by atoms with E-state index >= 15 is 0 Å². The number of carbonyl (C=O) groups is 2. The van der Waals surface area contributed by atoms with Gasteiger partial charge in [-0.1, -0.05) is 77.4 Å². The van der Waals surface area contributed by atoms with Crippen LogP contribution in [0.4, 0.5) is 0 Å². The molecule has 5 rings (SSSR count). The number of thiocarbonyl (C=S) groups is 1. The van der Waals surface area contributed by atoms with Crippen LogP contribution in [0.25, 0.3) is 23.0 Å². The summed E-state index contributed by atoms with van der Waals surface area (Å²) in [6.07, 6.45) is 3.56. The minimum absolute atomic E-state index is 0.204. The van der Waals surface area contributed by atoms with E-state index in [9.17, 15) is 9.59 Å². The Balaban J connectivity index is 1.48. The zero-order valence-electron chi connectivity index (χ0n) is 18.4. The summed E-state index contributed by atoms with van der Waals surface area (Å²) < 4.78 is 1.95. The van der Waals surface area contributed by atoms with Crippen LogP contribution in [-0.4, -0.2) is 30.9 Å². The molecule has 4 aromatic rings. The van der Waals surface area contributed by atoms with Crippen molar-refractivity contribution in [3.8, 4) is 16.9 Å². The first-order chi connectivity index (χ1) is 17.4. The minimum Gasteiger partial charge on any atom is -0.267 e. The highest BCUT2D eigenvalue weighted by Crippen LogP contribution is 2.34. The van der Waals surface area contributed by atoms with Crippen molar-refractivity contribution in [1.82, 2.24) is 20.2 Å². The number of hydrazine groups is 1. The molecule has 0 unspecified atom stereocenters. The molecular formula is C26H16Cl2N4O2S2. The third-order valence-corrected chi connectivity index (χ3v) is 7.18. The van der Waals surface area contributed by atoms with Gasteiger partial charge in [0.05, 0.1) is 26.9 Å². The molecule has 0 bridgehead atoms. The summed E-state index contributed by atoms with van der Waals surface area (Å²) in [5.41, 5.74) is 5.88. The zero-order valence-corrected chi connectivity index (χ0v) is 21.5. The Kier molecular flexibility index (Phi) is 6.93. The smallest absolute Gasteiger partial charge is 0.267 e. The van der Waals surface area contributed by atoms with E-state index in [1.807, 2.05) is 48.7 Å². The van der Waals surface area contributed by atoms with E-state index in [4.69, 9.17) is 40.5 Å². The number of nitrogens with one attached hydrogen (secondary N) is 1. The molecule has 0 spiro atoms. The summed E-state index contributed by atoms with van der Waals surface area (Å²) in [7, 11) is 0. The molecule has 0 atom stereocenters. The lowest BCUT2D eigenvalue weighted by Gasteiger charge is -2.16. The van der Waals surface area contributed by atoms with Gasteiger partial charge in [0.2, 0.25) is 0 Å². The molecule has 1 aliphatic rings. The van der Waals surface area contributed by atoms with Crippen LogP contribution < -0.4 is 5.43 Å². The Morgan fingerprint density at radius 3 is 2.39 bits per heavy atom. The molecule has 6 nitrogen and oxygen atoms in total. The number of hydrogen-bond donors (Lipinski definition) is 1. The van der Waals surface area contributed by atoms with Crippen molar-refractivity contribution < 1.29 is 9.59 Å². The average molecular weight is 551 g/mol. The molecule has 36 heavy (non-hydrogen) atoms. The van der Waals surface area contributed by atoms with Gasteiger partial charge in [-0.05, 0) is 54.7 Å². The first kappa shape index (κ1) is 24.3. The van der Waals surface area contributed by atoms with Gasteiger partial charge < -0.3 is 0 Å². The SMILES string of the molecule is O=C(NN1C(=O)/C(=C\c2cn(-c3ccccc3)nc2-c2ccc(Cl)cc2)SC1=S)c1ccccc1Cl. The molecule has 0 aliphatic carbocycles. The van der Waals surface area contributed by atoms with Crippen LogP contribution in [-0.2, 0) is 4.79 Å². The van der Waals surface area contributed by atoms with Gasteiger partial charge in [0.1, 0.15) is 0 Å². The maximum absolute atomic E-state index is 13.2. The summed E-state index contributed by atoms with van der Waals surface area (Å²) in [6.45, 7) is 0. The predicted octanol–water partition coefficient (Wildman–Crippen LogP) is 6.39. The van der Waals surface area contributed by atoms with Gasteiger partial charge in [-0.15, -0.1) is 0 Å². The van der Waals surface area contributed by atoms with Crippen molar-refractivity contribution >= 4 is 69.4 Å². The highest BCUT2D eigenvalue weighted by Gasteiger charge is 2.34. The number of carbonyl (C=O) groups excluding carboxylic acids is 2. The molecule has 1 aromatic heterocycles. The van der Waals surface area contributed by atoms with Crippen LogP contribution in [0.15, 0.2) is 90.0 Å². The number of amides is 2. The van der Waals surface area contributed by atoms with Gasteiger partial charge in [0.25, 0.3) is 11.8 Å². The number of benzene rings is 3. The number of nitrogens with zero attached hydrogens (tertiary/aromatic N) is 3. The number of para-hydroxylation sites is 1. The van der Waals surface area contributed by atoms with Crippen LogP contribution in [0.1, 0.15) is 15.9 Å². The van der Waals surface area contributed by atoms with E-state index in [-0.39, 0.29) is 14.9 Å². The second-order valence-corrected chi connectivity index (χ2v) is 10.2. The van der Waals surface area contributed by atoms with Gasteiger partial charge >= 0.3 is 0 Å². The lowest BCUT2D eigenvalue weighted by molar-refractivity contribution is -0.123. The van der Waals surface area contributed by atoms with Gasteiger partial charge in [-0.2, -0.15) is 10.1 Å². The molecule has 1 saturated heterocycles. The molecular weight excluding hydrogens is 535 g/mol. The largest absolute Gasteiger partial charge is 0.285 e. The normalized spacial score (nSPS) is 14.5. The Morgan fingerprint density at radius 1 is 0.972 bits per heavy atom. The number of rotatable bonds is 5. The van der Waals surface area contributed by atoms with Crippen LogP contribution in [0.5, 0.6) is 0 Å². The second-order valence-electron chi connectivity index (χ2n) is 7.66. The maximum Gasteiger partial charge on any atom is 0.285 e. The summed E-state index contributed by atoms with van der Waals surface area (Å²) >= 11 is 18.7. The van der Waals surface area contributed by atoms with E-state index in [1.165, 1.54) is 0 Å². The van der Waals surface area contributed by atoms with Crippen molar-refractivity contribution in [3.63, 3.8) is 0 Å². The lowest BCUT2D eigenvalue weighted by Crippen LogP contribution is -2.44. The molecule has 1 fully saturated rings. The van der Waals surface area contributed by atoms with E-state index in [0.29, 0.717) is 21.2 Å². The number of aromatic nitrogens is 2. The number of hydrogen-bond acceptors (Lipinski definition) is 5. The lowest BCUT2D eigenvalue weighted by atomic mass is 10.1. The van der Waals surface area contributed by atoms with Crippen molar-refractivity contribution in [3.05, 3.63) is 111 Å².